The van der Waals surface area contributed by atoms with Crippen LogP contribution in [0.25, 0.3) is 0 Å². The largest absolute Gasteiger partial charge is 0.0464 e. The second kappa shape index (κ2) is 2.48. The summed E-state index contributed by atoms with van der Waals surface area (Å²) in [6.45, 7) is 0. The highest BCUT2D eigenvalue weighted by atomic mass is 15.7. The molecule has 51 heavy (non-hydrogen) atoms. The van der Waals surface area contributed by atoms with Crippen LogP contribution in [-0.4, -0.2) is 0 Å². The van der Waals surface area contributed by atoms with Gasteiger partial charge in [0, 0.05) is 0 Å². The first-order chi connectivity index (χ1) is 25.4. The van der Waals surface area contributed by atoms with E-state index in [2.05, 4.69) is 0 Å². The first-order valence-electron chi connectivity index (χ1n) is 25.4. The van der Waals surface area contributed by atoms with Crippen molar-refractivity contribution in [1.29, 1.82) is 0 Å². The maximum atomic E-state index is 1.92. The second-order valence-electron chi connectivity index (χ2n) is 33.2. The molecule has 37 aliphatic rings. The molecule has 47 unspecified atom stereocenters. The highest BCUT2D eigenvalue weighted by molar-refractivity contribution is 6.16. The predicted octanol–water partition coefficient (Wildman–Crippen LogP) is 4.27. The summed E-state index contributed by atoms with van der Waals surface area (Å²) in [5, 5.41) is 0. The van der Waals surface area contributed by atoms with Gasteiger partial charge < -0.3 is 0 Å². The van der Waals surface area contributed by atoms with Crippen molar-refractivity contribution in [3.05, 3.63) is 0 Å². The van der Waals surface area contributed by atoms with E-state index in [0.717, 1.165) is 135 Å². The standard InChI is InChI=1S/C51H30/c1-5-7-2-8-16-24-17-9-3-10-18-25-19-11-4-12-20-26-22-14-6(1)13-21-23-15(5)31-27(7,8)32(16)40(24)33(17)28(9,10)34(18)41(25)35(19)29(11,12)36(20)42(26)38(22)30(13,14)37(21)39(23,31)47-43(31,32)48(40)44(33,34)49(41)45(35,36)50(42,46(37,38)47)51(47,48)49/h5-26H,1-4H2. The molecule has 37 fully saturated rings. The maximum Gasteiger partial charge on any atom is -0.0000498 e. The summed E-state index contributed by atoms with van der Waals surface area (Å²) in [7, 11) is 0. The van der Waals surface area contributed by atoms with E-state index in [0.29, 0.717) is 0 Å². The van der Waals surface area contributed by atoms with E-state index >= 15 is 0 Å². The second-order valence-corrected chi connectivity index (χ2v) is 33.2. The van der Waals surface area contributed by atoms with Gasteiger partial charge in [0.1, 0.15) is 0 Å². The summed E-state index contributed by atoms with van der Waals surface area (Å²) in [5.74, 6) is 30.7. The summed E-state index contributed by atoms with van der Waals surface area (Å²) >= 11 is 0. The molecule has 0 N–H and O–H groups in total. The van der Waals surface area contributed by atoms with Gasteiger partial charge in [0.25, 0.3) is 0 Å². The van der Waals surface area contributed by atoms with Crippen molar-refractivity contribution in [2.45, 2.75) is 25.7 Å². The van der Waals surface area contributed by atoms with Crippen LogP contribution in [0.15, 0.2) is 0 Å². The molecule has 0 heteroatoms. The molecule has 0 aromatic rings. The van der Waals surface area contributed by atoms with E-state index in [-0.39, 0.29) is 0 Å². The average molecular weight is 643 g/mol. The van der Waals surface area contributed by atoms with Crippen molar-refractivity contribution in [3.63, 3.8) is 0 Å². The molecule has 37 saturated carbocycles. The molecule has 37 rings (SSSR count). The molecule has 0 aromatic heterocycles. The summed E-state index contributed by atoms with van der Waals surface area (Å²) in [5.41, 5.74) is 28.3. The van der Waals surface area contributed by atoms with Crippen molar-refractivity contribution in [1.82, 2.24) is 0 Å². The Labute approximate surface area is 290 Å². The Kier molecular flexibility index (Phi) is 0.819. The summed E-state index contributed by atoms with van der Waals surface area (Å²) in [4.78, 5) is 0. The lowest BCUT2D eigenvalue weighted by atomic mass is 8.33. The lowest BCUT2D eigenvalue weighted by Gasteiger charge is -3.69. The molecule has 0 aromatic carbocycles. The molecule has 0 aliphatic heterocycles. The van der Waals surface area contributed by atoms with Gasteiger partial charge in [-0.1, -0.05) is 0 Å². The van der Waals surface area contributed by atoms with Crippen LogP contribution in [0, 0.1) is 266 Å². The highest BCUT2D eigenvalue weighted by Crippen LogP contribution is 3.73. The van der Waals surface area contributed by atoms with Crippen LogP contribution in [0.1, 0.15) is 25.7 Å². The molecule has 0 amide bonds. The van der Waals surface area contributed by atoms with E-state index < -0.39 is 0 Å². The zero-order valence-electron chi connectivity index (χ0n) is 28.0. The van der Waals surface area contributed by atoms with Crippen LogP contribution in [0.4, 0.5) is 0 Å². The van der Waals surface area contributed by atoms with Crippen LogP contribution >= 0.6 is 0 Å². The van der Waals surface area contributed by atoms with Gasteiger partial charge in [0.05, 0.1) is 0 Å². The Morgan fingerprint density at radius 3 is 1.00 bits per heavy atom. The first kappa shape index (κ1) is 16.8. The molecule has 0 saturated heterocycles. The predicted molar refractivity (Wildman–Crippen MR) is 156 cm³/mol. The number of rotatable bonds is 0. The average Bonchev–Trinajstić information content (AvgIpc) is 3.17. The molecule has 0 heterocycles. The van der Waals surface area contributed by atoms with E-state index in [1.54, 1.807) is 0 Å². The summed E-state index contributed by atoms with van der Waals surface area (Å²) in [6, 6.07) is 0. The van der Waals surface area contributed by atoms with Crippen molar-refractivity contribution in [2.75, 3.05) is 0 Å². The molecular weight excluding hydrogens is 613 g/mol. The third-order valence-electron chi connectivity index (χ3n) is 44.6. The quantitative estimate of drug-likeness (QED) is 0.371. The Balaban J connectivity index is 0.890. The minimum Gasteiger partial charge on any atom is -0.0464 e. The first-order valence-corrected chi connectivity index (χ1v) is 25.4. The molecule has 0 bridgehead atoms. The van der Waals surface area contributed by atoms with Gasteiger partial charge in [-0.15, -0.1) is 0 Å². The zero-order chi connectivity index (χ0) is 28.0. The van der Waals surface area contributed by atoms with Gasteiger partial charge in [0.15, 0.2) is 0 Å². The van der Waals surface area contributed by atoms with Crippen LogP contribution in [0.2, 0.25) is 0 Å². The van der Waals surface area contributed by atoms with Crippen molar-refractivity contribution < 1.29 is 0 Å². The van der Waals surface area contributed by atoms with Gasteiger partial charge >= 0.3 is 0 Å². The zero-order valence-corrected chi connectivity index (χ0v) is 28.0. The van der Waals surface area contributed by atoms with E-state index in [1.807, 2.05) is 25.7 Å². The van der Waals surface area contributed by atoms with E-state index in [4.69, 9.17) is 0 Å². The van der Waals surface area contributed by atoms with Crippen molar-refractivity contribution >= 4 is 0 Å². The number of hydrogen-bond acceptors (Lipinski definition) is 0. The Hall–Kier alpha value is 0. The topological polar surface area (TPSA) is 0 Å². The molecule has 234 valence electrons. The maximum absolute atomic E-state index is 1.92. The monoisotopic (exact) mass is 642 g/mol. The minimum atomic E-state index is 1.09. The van der Waals surface area contributed by atoms with E-state index in [1.165, 1.54) is 130 Å². The SMILES string of the molecule is C1C2C3C4C5C6C1C1CC7C8C9C%10C%11CC%12C%13C%14C%15C%16CC%17C%18C%19C%20C2C32C43C54C65C17C81C96C%107C%11%12C%138C%149C%15%10C%16%17C%18%11C%19%12C%202C32C43C15C61C78C94C%10%11C%122C143. The van der Waals surface area contributed by atoms with Crippen LogP contribution in [0.3, 0.4) is 0 Å². The molecular formula is C51H30. The van der Waals surface area contributed by atoms with Gasteiger partial charge in [-0.2, -0.15) is 0 Å². The van der Waals surface area contributed by atoms with Crippen LogP contribution < -0.4 is 0 Å². The van der Waals surface area contributed by atoms with Gasteiger partial charge in [-0.3, -0.25) is 0 Å². The normalized spacial score (nSPS) is 143. The third-order valence-corrected chi connectivity index (χ3v) is 44.6. The van der Waals surface area contributed by atoms with E-state index in [9.17, 15) is 0 Å². The van der Waals surface area contributed by atoms with Crippen molar-refractivity contribution in [2.24, 2.45) is 266 Å². The fraction of sp³-hybridized carbons (Fsp3) is 1.00. The smallest absolute Gasteiger partial charge is 0.0000498 e. The molecule has 37 aliphatic carbocycles. The van der Waals surface area contributed by atoms with Gasteiger partial charge in [0.2, 0.25) is 0 Å². The summed E-state index contributed by atoms with van der Waals surface area (Å²) < 4.78 is 0. The fourth-order valence-electron chi connectivity index (χ4n) is 57.3. The number of hydrogen-bond donors (Lipinski definition) is 0. The van der Waals surface area contributed by atoms with Crippen LogP contribution in [0.5, 0.6) is 0 Å². The Bertz CT molecular complexity index is 3420. The lowest BCUT2D eigenvalue weighted by Crippen LogP contribution is -3.69. The van der Waals surface area contributed by atoms with Crippen molar-refractivity contribution in [3.8, 4) is 0 Å². The van der Waals surface area contributed by atoms with Gasteiger partial charge in [-0.25, -0.2) is 0 Å². The lowest BCUT2D eigenvalue weighted by molar-refractivity contribution is -1.25. The summed E-state index contributed by atoms with van der Waals surface area (Å²) in [6.07, 6.45) is 7.51. The Morgan fingerprint density at radius 1 is 0.196 bits per heavy atom. The van der Waals surface area contributed by atoms with Gasteiger partial charge in [-0.05, 0) is 291 Å². The number of fused-ring (bicyclic) bond motifs is 14. The molecule has 0 nitrogen and oxygen atoms in total. The minimum absolute atomic E-state index is 1.09. The Morgan fingerprint density at radius 2 is 0.529 bits per heavy atom. The molecule has 47 atom stereocenters. The highest BCUT2D eigenvalue weighted by Gasteiger charge is 3.72. The van der Waals surface area contributed by atoms with Crippen LogP contribution in [-0.2, 0) is 0 Å². The molecule has 25 spiro atoms. The third kappa shape index (κ3) is 0.352. The molecule has 0 radical (unpaired) electrons. The fourth-order valence-corrected chi connectivity index (χ4v) is 57.3.